The lowest BCUT2D eigenvalue weighted by molar-refractivity contribution is -0.147. The van der Waals surface area contributed by atoms with Crippen molar-refractivity contribution in [3.63, 3.8) is 0 Å². The van der Waals surface area contributed by atoms with E-state index in [-0.39, 0.29) is 23.8 Å². The number of nitrogens with one attached hydrogen (secondary N) is 1. The maximum atomic E-state index is 12.5. The van der Waals surface area contributed by atoms with Crippen molar-refractivity contribution in [3.8, 4) is 0 Å². The number of benzene rings is 1. The molecule has 1 aromatic carbocycles. The summed E-state index contributed by atoms with van der Waals surface area (Å²) < 4.78 is 5.45. The van der Waals surface area contributed by atoms with Crippen LogP contribution in [0, 0.1) is 11.8 Å². The number of rotatable bonds is 7. The SMILES string of the molecule is O=C(CC1CCCCC1)NC1CCCCC1CC(=O)OCc1ccccc1. The first-order valence-electron chi connectivity index (χ1n) is 10.7. The van der Waals surface area contributed by atoms with E-state index in [4.69, 9.17) is 4.74 Å². The van der Waals surface area contributed by atoms with Crippen LogP contribution in [0.15, 0.2) is 30.3 Å². The molecule has 0 aromatic heterocycles. The van der Waals surface area contributed by atoms with E-state index >= 15 is 0 Å². The topological polar surface area (TPSA) is 55.4 Å². The molecular formula is C23H33NO3. The fourth-order valence-electron chi connectivity index (χ4n) is 4.57. The molecule has 0 saturated heterocycles. The van der Waals surface area contributed by atoms with Gasteiger partial charge in [-0.15, -0.1) is 0 Å². The molecule has 0 aliphatic heterocycles. The molecule has 2 atom stereocenters. The van der Waals surface area contributed by atoms with Crippen molar-refractivity contribution in [1.29, 1.82) is 0 Å². The zero-order valence-corrected chi connectivity index (χ0v) is 16.3. The van der Waals surface area contributed by atoms with Crippen LogP contribution in [-0.2, 0) is 20.9 Å². The van der Waals surface area contributed by atoms with Crippen LogP contribution in [0.1, 0.15) is 76.2 Å². The minimum Gasteiger partial charge on any atom is -0.461 e. The van der Waals surface area contributed by atoms with Gasteiger partial charge in [0.1, 0.15) is 6.61 Å². The maximum absolute atomic E-state index is 12.5. The smallest absolute Gasteiger partial charge is 0.306 e. The third-order valence-corrected chi connectivity index (χ3v) is 6.13. The highest BCUT2D eigenvalue weighted by Crippen LogP contribution is 2.29. The molecule has 2 aliphatic rings. The molecule has 1 N–H and O–H groups in total. The van der Waals surface area contributed by atoms with Gasteiger partial charge in [-0.2, -0.15) is 0 Å². The summed E-state index contributed by atoms with van der Waals surface area (Å²) in [4.78, 5) is 24.8. The Balaban J connectivity index is 1.44. The highest BCUT2D eigenvalue weighted by atomic mass is 16.5. The van der Waals surface area contributed by atoms with Crippen molar-refractivity contribution in [3.05, 3.63) is 35.9 Å². The summed E-state index contributed by atoms with van der Waals surface area (Å²) in [6.07, 6.45) is 11.5. The van der Waals surface area contributed by atoms with Gasteiger partial charge < -0.3 is 10.1 Å². The third kappa shape index (κ3) is 6.67. The van der Waals surface area contributed by atoms with Gasteiger partial charge in [-0.3, -0.25) is 9.59 Å². The predicted molar refractivity (Wildman–Crippen MR) is 106 cm³/mol. The van der Waals surface area contributed by atoms with Crippen LogP contribution in [0.4, 0.5) is 0 Å². The van der Waals surface area contributed by atoms with Gasteiger partial charge in [0.25, 0.3) is 0 Å². The Morgan fingerprint density at radius 1 is 0.889 bits per heavy atom. The Bertz CT molecular complexity index is 595. The van der Waals surface area contributed by atoms with E-state index in [1.165, 1.54) is 32.1 Å². The predicted octanol–water partition coefficient (Wildman–Crippen LogP) is 4.77. The Morgan fingerprint density at radius 3 is 2.37 bits per heavy atom. The average Bonchev–Trinajstić information content (AvgIpc) is 2.69. The van der Waals surface area contributed by atoms with Gasteiger partial charge in [-0.05, 0) is 43.1 Å². The van der Waals surface area contributed by atoms with E-state index in [1.807, 2.05) is 30.3 Å². The molecule has 1 aromatic rings. The number of carbonyl (C=O) groups excluding carboxylic acids is 2. The molecular weight excluding hydrogens is 338 g/mol. The lowest BCUT2D eigenvalue weighted by atomic mass is 9.82. The molecule has 0 bridgehead atoms. The first-order valence-corrected chi connectivity index (χ1v) is 10.7. The Labute approximate surface area is 163 Å². The molecule has 1 amide bonds. The highest BCUT2D eigenvalue weighted by molar-refractivity contribution is 5.76. The van der Waals surface area contributed by atoms with Crippen LogP contribution in [0.5, 0.6) is 0 Å². The van der Waals surface area contributed by atoms with Gasteiger partial charge in [0, 0.05) is 12.5 Å². The van der Waals surface area contributed by atoms with E-state index in [9.17, 15) is 9.59 Å². The van der Waals surface area contributed by atoms with Gasteiger partial charge in [-0.1, -0.05) is 62.4 Å². The van der Waals surface area contributed by atoms with Crippen molar-refractivity contribution in [1.82, 2.24) is 5.32 Å². The lowest BCUT2D eigenvalue weighted by Crippen LogP contribution is -2.43. The van der Waals surface area contributed by atoms with E-state index in [0.717, 1.165) is 31.2 Å². The minimum atomic E-state index is -0.155. The summed E-state index contributed by atoms with van der Waals surface area (Å²) in [6, 6.07) is 9.89. The number of ether oxygens (including phenoxy) is 1. The van der Waals surface area contributed by atoms with E-state index in [1.54, 1.807) is 0 Å². The summed E-state index contributed by atoms with van der Waals surface area (Å²) in [5.74, 6) is 0.780. The van der Waals surface area contributed by atoms with Gasteiger partial charge in [-0.25, -0.2) is 0 Å². The number of hydrogen-bond donors (Lipinski definition) is 1. The second-order valence-electron chi connectivity index (χ2n) is 8.28. The molecule has 0 spiro atoms. The minimum absolute atomic E-state index is 0.124. The van der Waals surface area contributed by atoms with Crippen LogP contribution in [0.2, 0.25) is 0 Å². The largest absolute Gasteiger partial charge is 0.461 e. The van der Waals surface area contributed by atoms with Crippen LogP contribution < -0.4 is 5.32 Å². The molecule has 4 heteroatoms. The normalized spacial score (nSPS) is 23.6. The Kier molecular flexibility index (Phi) is 7.73. The summed E-state index contributed by atoms with van der Waals surface area (Å²) >= 11 is 0. The van der Waals surface area contributed by atoms with E-state index in [0.29, 0.717) is 25.4 Å². The monoisotopic (exact) mass is 371 g/mol. The molecule has 148 valence electrons. The zero-order valence-electron chi connectivity index (χ0n) is 16.3. The zero-order chi connectivity index (χ0) is 18.9. The fraction of sp³-hybridized carbons (Fsp3) is 0.652. The van der Waals surface area contributed by atoms with Gasteiger partial charge in [0.15, 0.2) is 0 Å². The van der Waals surface area contributed by atoms with Crippen LogP contribution >= 0.6 is 0 Å². The number of amides is 1. The summed E-state index contributed by atoms with van der Waals surface area (Å²) in [5.41, 5.74) is 1.01. The van der Waals surface area contributed by atoms with Crippen molar-refractivity contribution in [2.75, 3.05) is 0 Å². The van der Waals surface area contributed by atoms with Gasteiger partial charge in [0.2, 0.25) is 5.91 Å². The second-order valence-corrected chi connectivity index (χ2v) is 8.28. The molecule has 0 heterocycles. The summed E-state index contributed by atoms with van der Waals surface area (Å²) in [5, 5.41) is 3.25. The van der Waals surface area contributed by atoms with E-state index < -0.39 is 0 Å². The molecule has 0 radical (unpaired) electrons. The first-order chi connectivity index (χ1) is 13.2. The fourth-order valence-corrected chi connectivity index (χ4v) is 4.57. The maximum Gasteiger partial charge on any atom is 0.306 e. The lowest BCUT2D eigenvalue weighted by Gasteiger charge is -2.32. The third-order valence-electron chi connectivity index (χ3n) is 6.13. The molecule has 27 heavy (non-hydrogen) atoms. The summed E-state index contributed by atoms with van der Waals surface area (Å²) in [6.45, 7) is 0.325. The van der Waals surface area contributed by atoms with Crippen LogP contribution in [0.3, 0.4) is 0 Å². The van der Waals surface area contributed by atoms with Crippen LogP contribution in [-0.4, -0.2) is 17.9 Å². The molecule has 2 fully saturated rings. The molecule has 2 unspecified atom stereocenters. The molecule has 2 saturated carbocycles. The number of esters is 1. The van der Waals surface area contributed by atoms with Crippen molar-refractivity contribution in [2.24, 2.45) is 11.8 Å². The second kappa shape index (κ2) is 10.5. The van der Waals surface area contributed by atoms with Gasteiger partial charge >= 0.3 is 5.97 Å². The van der Waals surface area contributed by atoms with Crippen LogP contribution in [0.25, 0.3) is 0 Å². The molecule has 2 aliphatic carbocycles. The standard InChI is InChI=1S/C23H33NO3/c25-22(15-18-9-3-1-4-10-18)24-21-14-8-7-13-20(21)16-23(26)27-17-19-11-5-2-6-12-19/h2,5-6,11-12,18,20-21H,1,3-4,7-10,13-17H2,(H,24,25). The molecule has 4 nitrogen and oxygen atoms in total. The number of hydrogen-bond acceptors (Lipinski definition) is 3. The Morgan fingerprint density at radius 2 is 1.59 bits per heavy atom. The van der Waals surface area contributed by atoms with Crippen molar-refractivity contribution in [2.45, 2.75) is 83.3 Å². The van der Waals surface area contributed by atoms with Crippen molar-refractivity contribution < 1.29 is 14.3 Å². The highest BCUT2D eigenvalue weighted by Gasteiger charge is 2.29. The van der Waals surface area contributed by atoms with Crippen molar-refractivity contribution >= 4 is 11.9 Å². The molecule has 3 rings (SSSR count). The first kappa shape index (κ1) is 19.9. The average molecular weight is 372 g/mol. The van der Waals surface area contributed by atoms with E-state index in [2.05, 4.69) is 5.32 Å². The quantitative estimate of drug-likeness (QED) is 0.703. The Hall–Kier alpha value is -1.84. The summed E-state index contributed by atoms with van der Waals surface area (Å²) in [7, 11) is 0. The number of carbonyl (C=O) groups is 2. The van der Waals surface area contributed by atoms with Gasteiger partial charge in [0.05, 0.1) is 6.42 Å².